The van der Waals surface area contributed by atoms with Crippen LogP contribution in [0.1, 0.15) is 11.1 Å². The van der Waals surface area contributed by atoms with Crippen LogP contribution in [0.5, 0.6) is 5.88 Å². The molecule has 3 aromatic carbocycles. The number of nitrogens with one attached hydrogen (secondary N) is 1. The normalized spacial score (nSPS) is 12.4. The van der Waals surface area contributed by atoms with Gasteiger partial charge in [-0.15, -0.1) is 10.2 Å². The molecule has 1 heterocycles. The molecule has 192 valence electrons. The number of aromatic hydroxyl groups is 1. The quantitative estimate of drug-likeness (QED) is 0.167. The molecule has 0 saturated carbocycles. The van der Waals surface area contributed by atoms with Crippen LogP contribution < -0.4 is 10.5 Å². The summed E-state index contributed by atoms with van der Waals surface area (Å²) in [7, 11) is -4.08. The van der Waals surface area contributed by atoms with Crippen molar-refractivity contribution in [3.05, 3.63) is 83.7 Å². The van der Waals surface area contributed by atoms with Gasteiger partial charge in [0.05, 0.1) is 23.3 Å². The number of aromatic nitrogens is 1. The molecule has 0 bridgehead atoms. The maximum Gasteiger partial charge on any atom is 0.416 e. The lowest BCUT2D eigenvalue weighted by atomic mass is 10.1. The second-order valence-electron chi connectivity index (χ2n) is 7.79. The molecule has 0 aliphatic carbocycles. The highest BCUT2D eigenvalue weighted by Crippen LogP contribution is 2.40. The number of alkyl halides is 3. The van der Waals surface area contributed by atoms with Crippen LogP contribution in [-0.2, 0) is 22.7 Å². The molecule has 14 heteroatoms. The average molecular weight is 552 g/mol. The van der Waals surface area contributed by atoms with E-state index in [0.717, 1.165) is 24.3 Å². The van der Waals surface area contributed by atoms with Crippen LogP contribution in [0.2, 0.25) is 0 Å². The standard InChI is InChI=1S/C23H17F4N5O3S2/c24-15-8-9-18-16(11-15)20(21(33)32(18)12-13-4-3-5-14(10-13)23(25,26)27)30-31-22(36)29-17-6-1-2-7-19(17)37(28,34)35/h1-11,33H,12H2,(H,29,36)(H2,28,34,35). The summed E-state index contributed by atoms with van der Waals surface area (Å²) in [5.41, 5.74) is -0.500. The van der Waals surface area contributed by atoms with Gasteiger partial charge in [0, 0.05) is 5.39 Å². The smallest absolute Gasteiger partial charge is 0.416 e. The van der Waals surface area contributed by atoms with Gasteiger partial charge in [0.2, 0.25) is 21.0 Å². The summed E-state index contributed by atoms with van der Waals surface area (Å²) in [5, 5.41) is 26.1. The van der Waals surface area contributed by atoms with Crippen LogP contribution in [0.4, 0.5) is 28.9 Å². The van der Waals surface area contributed by atoms with Gasteiger partial charge in [-0.3, -0.25) is 0 Å². The fourth-order valence-corrected chi connectivity index (χ4v) is 4.48. The maximum atomic E-state index is 14.0. The number of halogens is 4. The molecule has 0 aliphatic heterocycles. The molecule has 4 N–H and O–H groups in total. The predicted octanol–water partition coefficient (Wildman–Crippen LogP) is 5.68. The fraction of sp³-hybridized carbons (Fsp3) is 0.0870. The molecule has 0 radical (unpaired) electrons. The lowest BCUT2D eigenvalue weighted by Gasteiger charge is -2.11. The third kappa shape index (κ3) is 5.76. The topological polar surface area (TPSA) is 122 Å². The van der Waals surface area contributed by atoms with E-state index in [9.17, 15) is 31.1 Å². The first-order valence-corrected chi connectivity index (χ1v) is 12.3. The molecule has 4 rings (SSSR count). The van der Waals surface area contributed by atoms with Crippen molar-refractivity contribution in [3.8, 4) is 5.88 Å². The second-order valence-corrected chi connectivity index (χ2v) is 9.71. The van der Waals surface area contributed by atoms with Gasteiger partial charge in [0.15, 0.2) is 5.69 Å². The summed E-state index contributed by atoms with van der Waals surface area (Å²) in [6.45, 7) is -0.183. The fourth-order valence-electron chi connectivity index (χ4n) is 3.64. The number of hydrogen-bond donors (Lipinski definition) is 3. The minimum Gasteiger partial charge on any atom is -0.493 e. The molecule has 4 aromatic rings. The number of para-hydroxylation sites is 1. The Kier molecular flexibility index (Phi) is 6.99. The molecule has 0 spiro atoms. The third-order valence-corrected chi connectivity index (χ3v) is 6.40. The summed E-state index contributed by atoms with van der Waals surface area (Å²) in [5.74, 6) is -1.14. The summed E-state index contributed by atoms with van der Waals surface area (Å²) < 4.78 is 78.2. The Bertz CT molecular complexity index is 1650. The summed E-state index contributed by atoms with van der Waals surface area (Å²) in [6, 6.07) is 13.8. The number of anilines is 1. The highest BCUT2D eigenvalue weighted by Gasteiger charge is 2.30. The molecule has 1 aromatic heterocycles. The molecule has 37 heavy (non-hydrogen) atoms. The number of fused-ring (bicyclic) bond motifs is 1. The van der Waals surface area contributed by atoms with E-state index < -0.39 is 33.5 Å². The first-order chi connectivity index (χ1) is 17.3. The molecular formula is C23H17F4N5O3S2. The van der Waals surface area contributed by atoms with Crippen LogP contribution in [0.3, 0.4) is 0 Å². The third-order valence-electron chi connectivity index (χ3n) is 5.24. The molecule has 0 aliphatic rings. The zero-order valence-corrected chi connectivity index (χ0v) is 20.2. The number of hydrogen-bond acceptors (Lipinski definition) is 5. The van der Waals surface area contributed by atoms with Crippen molar-refractivity contribution in [2.75, 3.05) is 5.32 Å². The maximum absolute atomic E-state index is 14.0. The Labute approximate surface area is 213 Å². The Morgan fingerprint density at radius 2 is 1.81 bits per heavy atom. The van der Waals surface area contributed by atoms with E-state index in [-0.39, 0.29) is 44.4 Å². The molecule has 0 saturated heterocycles. The van der Waals surface area contributed by atoms with Gasteiger partial charge in [-0.2, -0.15) is 13.2 Å². The van der Waals surface area contributed by atoms with Crippen molar-refractivity contribution in [2.45, 2.75) is 17.6 Å². The minimum absolute atomic E-state index is 0.0381. The Morgan fingerprint density at radius 1 is 1.08 bits per heavy atom. The van der Waals surface area contributed by atoms with Crippen LogP contribution >= 0.6 is 12.2 Å². The predicted molar refractivity (Wildman–Crippen MR) is 133 cm³/mol. The highest BCUT2D eigenvalue weighted by molar-refractivity contribution is 7.89. The largest absolute Gasteiger partial charge is 0.493 e. The average Bonchev–Trinajstić information content (AvgIpc) is 3.07. The van der Waals surface area contributed by atoms with E-state index in [0.29, 0.717) is 0 Å². The molecule has 0 unspecified atom stereocenters. The summed E-state index contributed by atoms with van der Waals surface area (Å²) in [4.78, 5) is -0.241. The van der Waals surface area contributed by atoms with Crippen molar-refractivity contribution in [1.82, 2.24) is 4.57 Å². The number of benzene rings is 3. The monoisotopic (exact) mass is 551 g/mol. The van der Waals surface area contributed by atoms with E-state index in [1.54, 1.807) is 0 Å². The second kappa shape index (κ2) is 9.88. The van der Waals surface area contributed by atoms with E-state index in [2.05, 4.69) is 15.5 Å². The first kappa shape index (κ1) is 26.2. The van der Waals surface area contributed by atoms with E-state index in [1.807, 2.05) is 0 Å². The lowest BCUT2D eigenvalue weighted by Crippen LogP contribution is -2.16. The number of nitrogens with two attached hydrogens (primary N) is 1. The van der Waals surface area contributed by atoms with Crippen LogP contribution in [0, 0.1) is 5.82 Å². The Morgan fingerprint density at radius 3 is 2.51 bits per heavy atom. The number of nitrogens with zero attached hydrogens (tertiary/aromatic N) is 3. The van der Waals surface area contributed by atoms with Crippen molar-refractivity contribution < 1.29 is 31.1 Å². The number of sulfonamides is 1. The highest BCUT2D eigenvalue weighted by atomic mass is 32.2. The van der Waals surface area contributed by atoms with Crippen LogP contribution in [0.25, 0.3) is 10.9 Å². The number of azo groups is 1. The van der Waals surface area contributed by atoms with Crippen molar-refractivity contribution >= 4 is 49.6 Å². The van der Waals surface area contributed by atoms with Gasteiger partial charge in [-0.25, -0.2) is 17.9 Å². The molecule has 0 fully saturated rings. The minimum atomic E-state index is -4.55. The number of thiocarbonyl (C=S) groups is 1. The molecule has 8 nitrogen and oxygen atoms in total. The zero-order valence-electron chi connectivity index (χ0n) is 18.6. The zero-order chi connectivity index (χ0) is 27.0. The van der Waals surface area contributed by atoms with E-state index >= 15 is 0 Å². The van der Waals surface area contributed by atoms with Crippen LogP contribution in [0.15, 0.2) is 81.9 Å². The van der Waals surface area contributed by atoms with E-state index in [1.165, 1.54) is 47.0 Å². The van der Waals surface area contributed by atoms with Crippen molar-refractivity contribution in [1.29, 1.82) is 0 Å². The summed E-state index contributed by atoms with van der Waals surface area (Å²) in [6.07, 6.45) is -4.55. The molecule has 0 atom stereocenters. The van der Waals surface area contributed by atoms with Gasteiger partial charge in [0.1, 0.15) is 10.7 Å². The number of rotatable bonds is 5. The van der Waals surface area contributed by atoms with Gasteiger partial charge in [-0.05, 0) is 60.2 Å². The molecule has 0 amide bonds. The Hall–Kier alpha value is -3.88. The van der Waals surface area contributed by atoms with Crippen LogP contribution in [-0.4, -0.2) is 23.2 Å². The van der Waals surface area contributed by atoms with Crippen molar-refractivity contribution in [2.24, 2.45) is 15.4 Å². The van der Waals surface area contributed by atoms with E-state index in [4.69, 9.17) is 17.4 Å². The first-order valence-electron chi connectivity index (χ1n) is 10.4. The van der Waals surface area contributed by atoms with Gasteiger partial charge in [0.25, 0.3) is 0 Å². The van der Waals surface area contributed by atoms with Gasteiger partial charge >= 0.3 is 6.18 Å². The Balaban J connectivity index is 1.69. The lowest BCUT2D eigenvalue weighted by molar-refractivity contribution is -0.137. The SMILES string of the molecule is NS(=O)(=O)c1ccccc1NC(=S)N=Nc1c(O)n(Cc2cccc(C(F)(F)F)c2)c2ccc(F)cc12. The van der Waals surface area contributed by atoms with Gasteiger partial charge in [-0.1, -0.05) is 24.3 Å². The van der Waals surface area contributed by atoms with Gasteiger partial charge < -0.3 is 15.0 Å². The van der Waals surface area contributed by atoms with Crippen molar-refractivity contribution in [3.63, 3.8) is 0 Å². The molecular weight excluding hydrogens is 534 g/mol. The summed E-state index contributed by atoms with van der Waals surface area (Å²) >= 11 is 5.09. The number of primary sulfonamides is 1.